The van der Waals surface area contributed by atoms with Crippen molar-refractivity contribution in [2.45, 2.75) is 40.2 Å². The molecule has 0 aliphatic rings. The lowest BCUT2D eigenvalue weighted by Gasteiger charge is -2.13. The molecule has 0 aliphatic heterocycles. The Bertz CT molecular complexity index is 766. The smallest absolute Gasteiger partial charge is 0.191 e. The van der Waals surface area contributed by atoms with Gasteiger partial charge >= 0.3 is 0 Å². The van der Waals surface area contributed by atoms with Gasteiger partial charge in [-0.25, -0.2) is 4.99 Å². The van der Waals surface area contributed by atoms with Crippen LogP contribution in [0.15, 0.2) is 29.3 Å². The summed E-state index contributed by atoms with van der Waals surface area (Å²) in [4.78, 5) is 4.67. The molecule has 1 heterocycles. The van der Waals surface area contributed by atoms with Crippen LogP contribution in [-0.2, 0) is 24.8 Å². The van der Waals surface area contributed by atoms with E-state index in [1.165, 1.54) is 5.56 Å². The summed E-state index contributed by atoms with van der Waals surface area (Å²) < 4.78 is 12.9. The van der Waals surface area contributed by atoms with Crippen molar-refractivity contribution in [2.24, 2.45) is 12.0 Å². The molecule has 2 aromatic rings. The van der Waals surface area contributed by atoms with E-state index in [0.29, 0.717) is 13.2 Å². The highest BCUT2D eigenvalue weighted by Gasteiger charge is 2.05. The highest BCUT2D eigenvalue weighted by molar-refractivity contribution is 14.0. The molecule has 0 radical (unpaired) electrons. The number of ether oxygens (including phenoxy) is 2. The summed E-state index contributed by atoms with van der Waals surface area (Å²) in [5.74, 6) is 3.39. The average molecular weight is 530 g/mol. The number of hydrogen-bond acceptors (Lipinski definition) is 5. The Labute approximate surface area is 196 Å². The van der Waals surface area contributed by atoms with Crippen molar-refractivity contribution in [3.63, 3.8) is 0 Å². The number of aliphatic imine (C=N–C) groups is 1. The van der Waals surface area contributed by atoms with E-state index in [2.05, 4.69) is 38.0 Å². The van der Waals surface area contributed by atoms with E-state index >= 15 is 0 Å². The molecule has 1 aromatic heterocycles. The fourth-order valence-electron chi connectivity index (χ4n) is 2.72. The molecule has 0 aliphatic carbocycles. The largest absolute Gasteiger partial charge is 0.494 e. The summed E-state index contributed by atoms with van der Waals surface area (Å²) in [6.07, 6.45) is 1.80. The number of benzene rings is 1. The molecule has 0 atom stereocenters. The van der Waals surface area contributed by atoms with Gasteiger partial charge in [0, 0.05) is 33.4 Å². The molecule has 2 rings (SSSR count). The van der Waals surface area contributed by atoms with E-state index < -0.39 is 0 Å². The van der Waals surface area contributed by atoms with Gasteiger partial charge in [0.05, 0.1) is 6.61 Å². The van der Waals surface area contributed by atoms with Gasteiger partial charge in [-0.2, -0.15) is 0 Å². The van der Waals surface area contributed by atoms with Gasteiger partial charge in [-0.05, 0) is 51.3 Å². The number of guanidine groups is 1. The van der Waals surface area contributed by atoms with Crippen molar-refractivity contribution >= 4 is 29.9 Å². The first-order valence-corrected chi connectivity index (χ1v) is 10.3. The highest BCUT2D eigenvalue weighted by atomic mass is 127. The van der Waals surface area contributed by atoms with Crippen LogP contribution < -0.4 is 15.4 Å². The summed E-state index contributed by atoms with van der Waals surface area (Å²) >= 11 is 0. The molecular formula is C21H35IN6O2. The van der Waals surface area contributed by atoms with Crippen LogP contribution >= 0.6 is 24.0 Å². The number of halogens is 1. The first-order chi connectivity index (χ1) is 14.1. The zero-order chi connectivity index (χ0) is 20.9. The van der Waals surface area contributed by atoms with Crippen LogP contribution in [0.25, 0.3) is 0 Å². The molecule has 8 nitrogen and oxygen atoms in total. The van der Waals surface area contributed by atoms with Crippen LogP contribution in [-0.4, -0.2) is 53.6 Å². The van der Waals surface area contributed by atoms with Crippen molar-refractivity contribution in [1.29, 1.82) is 0 Å². The van der Waals surface area contributed by atoms with Crippen molar-refractivity contribution in [3.8, 4) is 5.75 Å². The highest BCUT2D eigenvalue weighted by Crippen LogP contribution is 2.13. The average Bonchev–Trinajstić information content (AvgIpc) is 3.04. The van der Waals surface area contributed by atoms with Crippen molar-refractivity contribution in [3.05, 3.63) is 41.5 Å². The van der Waals surface area contributed by atoms with E-state index in [-0.39, 0.29) is 24.0 Å². The molecule has 168 valence electrons. The number of aromatic nitrogens is 3. The Kier molecular flexibility index (Phi) is 13.1. The predicted molar refractivity (Wildman–Crippen MR) is 131 cm³/mol. The topological polar surface area (TPSA) is 85.6 Å². The zero-order valence-corrected chi connectivity index (χ0v) is 20.8. The summed E-state index contributed by atoms with van der Waals surface area (Å²) in [5.41, 5.74) is 1.23. The summed E-state index contributed by atoms with van der Waals surface area (Å²) in [6, 6.07) is 8.20. The number of aryl methyl sites for hydroxylation is 1. The van der Waals surface area contributed by atoms with Crippen LogP contribution in [0.1, 0.15) is 37.5 Å². The Morgan fingerprint density at radius 1 is 1.13 bits per heavy atom. The molecule has 2 N–H and O–H groups in total. The zero-order valence-electron chi connectivity index (χ0n) is 18.5. The van der Waals surface area contributed by atoms with Gasteiger partial charge in [0.15, 0.2) is 11.8 Å². The molecule has 0 bridgehead atoms. The first-order valence-electron chi connectivity index (χ1n) is 10.3. The van der Waals surface area contributed by atoms with Crippen LogP contribution in [0.3, 0.4) is 0 Å². The monoisotopic (exact) mass is 530 g/mol. The predicted octanol–water partition coefficient (Wildman–Crippen LogP) is 2.84. The summed E-state index contributed by atoms with van der Waals surface area (Å²) in [6.45, 7) is 10.1. The Hall–Kier alpha value is -1.88. The minimum atomic E-state index is 0. The number of nitrogens with one attached hydrogen (secondary N) is 2. The molecule has 0 saturated carbocycles. The van der Waals surface area contributed by atoms with Crippen LogP contribution in [0.5, 0.6) is 5.75 Å². The van der Waals surface area contributed by atoms with E-state index in [1.54, 1.807) is 0 Å². The molecule has 9 heteroatoms. The van der Waals surface area contributed by atoms with Gasteiger partial charge in [0.1, 0.15) is 18.1 Å². The Morgan fingerprint density at radius 2 is 1.93 bits per heavy atom. The molecule has 0 saturated heterocycles. The lowest BCUT2D eigenvalue weighted by Crippen LogP contribution is -2.39. The second kappa shape index (κ2) is 15.0. The van der Waals surface area contributed by atoms with E-state index in [4.69, 9.17) is 9.47 Å². The van der Waals surface area contributed by atoms with Crippen molar-refractivity contribution in [2.75, 3.05) is 32.9 Å². The van der Waals surface area contributed by atoms with Crippen LogP contribution in [0.2, 0.25) is 0 Å². The number of rotatable bonds is 12. The van der Waals surface area contributed by atoms with Gasteiger partial charge in [0.25, 0.3) is 0 Å². The van der Waals surface area contributed by atoms with E-state index in [1.807, 2.05) is 44.5 Å². The maximum atomic E-state index is 5.58. The Morgan fingerprint density at radius 3 is 2.63 bits per heavy atom. The van der Waals surface area contributed by atoms with Gasteiger partial charge in [-0.3, -0.25) is 0 Å². The number of nitrogens with zero attached hydrogens (tertiary/aromatic N) is 4. The molecule has 0 unspecified atom stereocenters. The maximum Gasteiger partial charge on any atom is 0.191 e. The molecule has 0 spiro atoms. The van der Waals surface area contributed by atoms with Gasteiger partial charge in [-0.15, -0.1) is 34.2 Å². The third-order valence-corrected chi connectivity index (χ3v) is 4.44. The third kappa shape index (κ3) is 9.29. The van der Waals surface area contributed by atoms with Gasteiger partial charge in [-0.1, -0.05) is 12.1 Å². The lowest BCUT2D eigenvalue weighted by atomic mass is 10.1. The van der Waals surface area contributed by atoms with Gasteiger partial charge in [0.2, 0.25) is 0 Å². The maximum absolute atomic E-state index is 5.58. The molecular weight excluding hydrogens is 495 g/mol. The van der Waals surface area contributed by atoms with Crippen LogP contribution in [0.4, 0.5) is 0 Å². The molecule has 0 amide bonds. The number of hydrogen-bond donors (Lipinski definition) is 2. The summed E-state index contributed by atoms with van der Waals surface area (Å²) in [5, 5.41) is 15.0. The van der Waals surface area contributed by atoms with Crippen molar-refractivity contribution in [1.82, 2.24) is 25.4 Å². The minimum Gasteiger partial charge on any atom is -0.494 e. The normalized spacial score (nSPS) is 11.1. The second-order valence-electron chi connectivity index (χ2n) is 6.62. The SMILES string of the molecule is CCOCCCNC(=NCc1nnc(C)n1C)NCCc1cccc(OCC)c1.I. The lowest BCUT2D eigenvalue weighted by molar-refractivity contribution is 0.145. The van der Waals surface area contributed by atoms with E-state index in [9.17, 15) is 0 Å². The molecule has 30 heavy (non-hydrogen) atoms. The third-order valence-electron chi connectivity index (χ3n) is 4.44. The fourth-order valence-corrected chi connectivity index (χ4v) is 2.72. The standard InChI is InChI=1S/C21H34N6O2.HI/c1-5-28-14-8-12-22-21(24-16-20-26-25-17(3)27(20)4)23-13-11-18-9-7-10-19(15-18)29-6-2;/h7,9-10,15H,5-6,8,11-14,16H2,1-4H3,(H2,22,23,24);1H. The first kappa shape index (κ1) is 26.2. The second-order valence-corrected chi connectivity index (χ2v) is 6.62. The quantitative estimate of drug-likeness (QED) is 0.190. The summed E-state index contributed by atoms with van der Waals surface area (Å²) in [7, 11) is 1.95. The molecule has 1 aromatic carbocycles. The van der Waals surface area contributed by atoms with Crippen molar-refractivity contribution < 1.29 is 9.47 Å². The van der Waals surface area contributed by atoms with E-state index in [0.717, 1.165) is 62.5 Å². The molecule has 0 fully saturated rings. The Balaban J connectivity index is 0.00000450. The fraction of sp³-hybridized carbons (Fsp3) is 0.571. The van der Waals surface area contributed by atoms with Gasteiger partial charge < -0.3 is 24.7 Å². The van der Waals surface area contributed by atoms with Crippen LogP contribution in [0, 0.1) is 6.92 Å². The minimum absolute atomic E-state index is 0.